The Labute approximate surface area is 107 Å². The smallest absolute Gasteiger partial charge is 0.0407 e. The Hall–Kier alpha value is -0.860. The lowest BCUT2D eigenvalue weighted by Gasteiger charge is -2.25. The lowest BCUT2D eigenvalue weighted by Crippen LogP contribution is -2.32. The van der Waals surface area contributed by atoms with Crippen molar-refractivity contribution in [3.05, 3.63) is 34.2 Å². The van der Waals surface area contributed by atoms with Crippen molar-refractivity contribution in [3.63, 3.8) is 0 Å². The van der Waals surface area contributed by atoms with Crippen LogP contribution in [0.1, 0.15) is 35.8 Å². The second kappa shape index (κ2) is 3.82. The Balaban J connectivity index is 2.13. The van der Waals surface area contributed by atoms with E-state index in [1.165, 1.54) is 38.9 Å². The normalized spacial score (nSPS) is 24.6. The first kappa shape index (κ1) is 11.2. The van der Waals surface area contributed by atoms with Gasteiger partial charge < -0.3 is 5.32 Å². The van der Waals surface area contributed by atoms with Crippen LogP contribution in [0.5, 0.6) is 0 Å². The summed E-state index contributed by atoms with van der Waals surface area (Å²) in [6.45, 7) is 7.92. The summed E-state index contributed by atoms with van der Waals surface area (Å²) in [5.74, 6) is 0. The highest BCUT2D eigenvalue weighted by molar-refractivity contribution is 7.19. The van der Waals surface area contributed by atoms with Gasteiger partial charge in [-0.25, -0.2) is 0 Å². The highest BCUT2D eigenvalue weighted by Crippen LogP contribution is 2.36. The maximum absolute atomic E-state index is 3.64. The van der Waals surface area contributed by atoms with Crippen molar-refractivity contribution in [3.8, 4) is 0 Å². The third kappa shape index (κ3) is 1.71. The topological polar surface area (TPSA) is 12.0 Å². The van der Waals surface area contributed by atoms with E-state index in [4.69, 9.17) is 0 Å². The molecule has 1 saturated heterocycles. The van der Waals surface area contributed by atoms with Gasteiger partial charge in [-0.1, -0.05) is 12.1 Å². The van der Waals surface area contributed by atoms with E-state index in [1.807, 2.05) is 11.3 Å². The minimum atomic E-state index is 0.194. The molecule has 1 aromatic heterocycles. The van der Waals surface area contributed by atoms with Gasteiger partial charge in [0.05, 0.1) is 0 Å². The molecule has 2 heteroatoms. The van der Waals surface area contributed by atoms with Crippen LogP contribution in [-0.4, -0.2) is 6.54 Å². The van der Waals surface area contributed by atoms with Crippen LogP contribution in [0.3, 0.4) is 0 Å². The fourth-order valence-corrected chi connectivity index (χ4v) is 3.94. The van der Waals surface area contributed by atoms with Crippen molar-refractivity contribution in [2.24, 2.45) is 0 Å². The monoisotopic (exact) mass is 245 g/mol. The molecule has 2 aromatic rings. The van der Waals surface area contributed by atoms with Crippen LogP contribution >= 0.6 is 11.3 Å². The molecular weight excluding hydrogens is 226 g/mol. The Morgan fingerprint density at radius 2 is 2.12 bits per heavy atom. The number of thiophene rings is 1. The number of fused-ring (bicyclic) bond motifs is 1. The van der Waals surface area contributed by atoms with E-state index in [-0.39, 0.29) is 5.54 Å². The van der Waals surface area contributed by atoms with Gasteiger partial charge in [-0.3, -0.25) is 0 Å². The highest BCUT2D eigenvalue weighted by Gasteiger charge is 2.30. The number of aryl methyl sites for hydroxylation is 2. The number of rotatable bonds is 1. The molecule has 0 bridgehead atoms. The van der Waals surface area contributed by atoms with E-state index >= 15 is 0 Å². The van der Waals surface area contributed by atoms with Crippen molar-refractivity contribution in [2.75, 3.05) is 6.54 Å². The van der Waals surface area contributed by atoms with Crippen LogP contribution in [0, 0.1) is 13.8 Å². The maximum Gasteiger partial charge on any atom is 0.0407 e. The lowest BCUT2D eigenvalue weighted by atomic mass is 9.90. The molecule has 1 aliphatic heterocycles. The number of hydrogen-bond donors (Lipinski definition) is 1. The predicted octanol–water partition coefficient (Wildman–Crippen LogP) is 4.12. The minimum Gasteiger partial charge on any atom is -0.308 e. The summed E-state index contributed by atoms with van der Waals surface area (Å²) in [6, 6.07) is 6.99. The Morgan fingerprint density at radius 3 is 2.82 bits per heavy atom. The van der Waals surface area contributed by atoms with Gasteiger partial charge in [-0.15, -0.1) is 11.3 Å². The number of benzene rings is 1. The molecule has 2 heterocycles. The molecule has 90 valence electrons. The molecule has 1 atom stereocenters. The van der Waals surface area contributed by atoms with Crippen molar-refractivity contribution < 1.29 is 0 Å². The summed E-state index contributed by atoms with van der Waals surface area (Å²) in [7, 11) is 0. The zero-order valence-corrected chi connectivity index (χ0v) is 11.6. The second-order valence-corrected chi connectivity index (χ2v) is 6.61. The molecule has 17 heavy (non-hydrogen) atoms. The quantitative estimate of drug-likeness (QED) is 0.797. The van der Waals surface area contributed by atoms with Crippen molar-refractivity contribution in [2.45, 2.75) is 39.2 Å². The van der Waals surface area contributed by atoms with E-state index < -0.39 is 0 Å². The lowest BCUT2D eigenvalue weighted by molar-refractivity contribution is 0.435. The standard InChI is InChI=1S/C15H19NS/c1-10-11(2)17-14-9-12(5-6-13(10)14)15(3)7-4-8-16-15/h5-6,9,16H,4,7-8H2,1-3H3. The van der Waals surface area contributed by atoms with E-state index in [0.717, 1.165) is 6.54 Å². The summed E-state index contributed by atoms with van der Waals surface area (Å²) >= 11 is 1.92. The second-order valence-electron chi connectivity index (χ2n) is 5.36. The Morgan fingerprint density at radius 1 is 1.29 bits per heavy atom. The molecule has 1 fully saturated rings. The van der Waals surface area contributed by atoms with Crippen molar-refractivity contribution in [1.82, 2.24) is 5.32 Å². The molecular formula is C15H19NS. The summed E-state index contributed by atoms with van der Waals surface area (Å²) in [4.78, 5) is 1.45. The minimum absolute atomic E-state index is 0.194. The van der Waals surface area contributed by atoms with Gasteiger partial charge in [0, 0.05) is 15.1 Å². The summed E-state index contributed by atoms with van der Waals surface area (Å²) < 4.78 is 1.44. The van der Waals surface area contributed by atoms with Gasteiger partial charge in [-0.2, -0.15) is 0 Å². The largest absolute Gasteiger partial charge is 0.308 e. The molecule has 0 amide bonds. The summed E-state index contributed by atoms with van der Waals surface area (Å²) in [5.41, 5.74) is 3.09. The Bertz CT molecular complexity index is 562. The van der Waals surface area contributed by atoms with Crippen molar-refractivity contribution >= 4 is 21.4 Å². The van der Waals surface area contributed by atoms with Crippen LogP contribution in [0.25, 0.3) is 10.1 Å². The molecule has 0 radical (unpaired) electrons. The SMILES string of the molecule is Cc1sc2cc(C3(C)CCCN3)ccc2c1C. The number of nitrogens with one attached hydrogen (secondary N) is 1. The van der Waals surface area contributed by atoms with Crippen LogP contribution in [-0.2, 0) is 5.54 Å². The van der Waals surface area contributed by atoms with Gasteiger partial charge in [0.2, 0.25) is 0 Å². The predicted molar refractivity (Wildman–Crippen MR) is 75.9 cm³/mol. The van der Waals surface area contributed by atoms with Gasteiger partial charge in [0.15, 0.2) is 0 Å². The van der Waals surface area contributed by atoms with Crippen LogP contribution in [0.4, 0.5) is 0 Å². The van der Waals surface area contributed by atoms with Crippen LogP contribution in [0.2, 0.25) is 0 Å². The summed E-state index contributed by atoms with van der Waals surface area (Å²) in [6.07, 6.45) is 2.54. The molecule has 1 unspecified atom stereocenters. The third-order valence-electron chi connectivity index (χ3n) is 4.18. The van der Waals surface area contributed by atoms with Crippen LogP contribution < -0.4 is 5.32 Å². The fraction of sp³-hybridized carbons (Fsp3) is 0.467. The van der Waals surface area contributed by atoms with Gasteiger partial charge in [0.1, 0.15) is 0 Å². The first-order valence-electron chi connectivity index (χ1n) is 6.35. The van der Waals surface area contributed by atoms with Crippen molar-refractivity contribution in [1.29, 1.82) is 0 Å². The zero-order chi connectivity index (χ0) is 12.0. The zero-order valence-electron chi connectivity index (χ0n) is 10.8. The average Bonchev–Trinajstić information content (AvgIpc) is 2.86. The number of hydrogen-bond acceptors (Lipinski definition) is 2. The van der Waals surface area contributed by atoms with Gasteiger partial charge in [-0.05, 0) is 62.7 Å². The van der Waals surface area contributed by atoms with E-state index in [1.54, 1.807) is 0 Å². The van der Waals surface area contributed by atoms with Crippen LogP contribution in [0.15, 0.2) is 18.2 Å². The molecule has 1 N–H and O–H groups in total. The third-order valence-corrected chi connectivity index (χ3v) is 5.35. The highest BCUT2D eigenvalue weighted by atomic mass is 32.1. The first-order chi connectivity index (χ1) is 8.10. The molecule has 0 saturated carbocycles. The molecule has 0 spiro atoms. The van der Waals surface area contributed by atoms with Gasteiger partial charge >= 0.3 is 0 Å². The average molecular weight is 245 g/mol. The molecule has 1 nitrogen and oxygen atoms in total. The first-order valence-corrected chi connectivity index (χ1v) is 7.17. The summed E-state index contributed by atoms with van der Waals surface area (Å²) in [5, 5.41) is 5.07. The van der Waals surface area contributed by atoms with E-state index in [0.29, 0.717) is 0 Å². The van der Waals surface area contributed by atoms with E-state index in [9.17, 15) is 0 Å². The van der Waals surface area contributed by atoms with Gasteiger partial charge in [0.25, 0.3) is 0 Å². The molecule has 3 rings (SSSR count). The molecule has 1 aromatic carbocycles. The molecule has 0 aliphatic carbocycles. The maximum atomic E-state index is 3.64. The fourth-order valence-electron chi connectivity index (χ4n) is 2.83. The Kier molecular flexibility index (Phi) is 2.53. The van der Waals surface area contributed by atoms with E-state index in [2.05, 4.69) is 44.3 Å². The molecule has 1 aliphatic rings.